The van der Waals surface area contributed by atoms with Gasteiger partial charge in [-0.2, -0.15) is 0 Å². The van der Waals surface area contributed by atoms with E-state index in [1.165, 1.54) is 11.3 Å². The van der Waals surface area contributed by atoms with Crippen LogP contribution in [0.2, 0.25) is 0 Å². The molecule has 1 aliphatic carbocycles. The molecule has 21 heavy (non-hydrogen) atoms. The normalized spacial score (nSPS) is 24.6. The molecule has 0 saturated heterocycles. The number of benzene rings is 1. The molecule has 2 aliphatic rings. The number of rotatable bonds is 2. The maximum Gasteiger partial charge on any atom is 0.319 e. The molecule has 3 N–H and O–H groups in total. The molecule has 1 aromatic rings. The van der Waals surface area contributed by atoms with Gasteiger partial charge in [-0.3, -0.25) is 0 Å². The van der Waals surface area contributed by atoms with Crippen LogP contribution in [0.3, 0.4) is 0 Å². The number of anilines is 2. The molecule has 1 aliphatic heterocycles. The number of hydrogen-bond donors (Lipinski definition) is 3. The van der Waals surface area contributed by atoms with Crippen molar-refractivity contribution >= 4 is 17.4 Å². The lowest BCUT2D eigenvalue weighted by molar-refractivity contribution is 0.118. The number of carbonyl (C=O) groups excluding carboxylic acids is 1. The van der Waals surface area contributed by atoms with E-state index in [4.69, 9.17) is 0 Å². The van der Waals surface area contributed by atoms with Gasteiger partial charge in [0.25, 0.3) is 0 Å². The van der Waals surface area contributed by atoms with E-state index < -0.39 is 0 Å². The number of urea groups is 1. The maximum absolute atomic E-state index is 12.0. The maximum atomic E-state index is 12.0. The summed E-state index contributed by atoms with van der Waals surface area (Å²) in [5.74, 6) is 0. The van der Waals surface area contributed by atoms with Gasteiger partial charge in [0.05, 0.1) is 6.10 Å². The first-order valence-electron chi connectivity index (χ1n) is 7.71. The zero-order chi connectivity index (χ0) is 14.8. The van der Waals surface area contributed by atoms with Crippen LogP contribution in [0.25, 0.3) is 0 Å². The lowest BCUT2D eigenvalue weighted by atomic mass is 9.93. The molecule has 2 amide bonds. The van der Waals surface area contributed by atoms with E-state index in [1.54, 1.807) is 0 Å². The van der Waals surface area contributed by atoms with Gasteiger partial charge in [0.1, 0.15) is 0 Å². The predicted octanol–water partition coefficient (Wildman–Crippen LogP) is 2.10. The third-order valence-electron chi connectivity index (χ3n) is 4.50. The lowest BCUT2D eigenvalue weighted by Crippen LogP contribution is -2.40. The minimum Gasteiger partial charge on any atom is -0.393 e. The average molecular weight is 289 g/mol. The van der Waals surface area contributed by atoms with E-state index in [-0.39, 0.29) is 18.2 Å². The van der Waals surface area contributed by atoms with Crippen molar-refractivity contribution in [3.05, 3.63) is 23.8 Å². The third kappa shape index (κ3) is 3.29. The van der Waals surface area contributed by atoms with Crippen molar-refractivity contribution in [1.29, 1.82) is 0 Å². The molecule has 1 saturated carbocycles. The molecule has 5 heteroatoms. The van der Waals surface area contributed by atoms with Crippen LogP contribution < -0.4 is 15.5 Å². The first kappa shape index (κ1) is 14.2. The second kappa shape index (κ2) is 5.93. The molecule has 0 aromatic heterocycles. The smallest absolute Gasteiger partial charge is 0.319 e. The molecule has 114 valence electrons. The molecule has 1 fully saturated rings. The van der Waals surface area contributed by atoms with Gasteiger partial charge in [-0.15, -0.1) is 0 Å². The largest absolute Gasteiger partial charge is 0.393 e. The Morgan fingerprint density at radius 2 is 2.05 bits per heavy atom. The number of nitrogens with one attached hydrogen (secondary N) is 2. The minimum absolute atomic E-state index is 0.156. The number of nitrogens with zero attached hydrogens (tertiary/aromatic N) is 1. The Morgan fingerprint density at radius 3 is 2.81 bits per heavy atom. The molecule has 1 heterocycles. The lowest BCUT2D eigenvalue weighted by Gasteiger charge is -2.26. The van der Waals surface area contributed by atoms with Crippen molar-refractivity contribution in [2.24, 2.45) is 0 Å². The Morgan fingerprint density at radius 1 is 1.29 bits per heavy atom. The topological polar surface area (TPSA) is 64.6 Å². The number of aliphatic hydroxyl groups excluding tert-OH is 1. The van der Waals surface area contributed by atoms with Crippen molar-refractivity contribution in [1.82, 2.24) is 5.32 Å². The highest BCUT2D eigenvalue weighted by Crippen LogP contribution is 2.29. The molecule has 0 spiro atoms. The highest BCUT2D eigenvalue weighted by Gasteiger charge is 2.21. The summed E-state index contributed by atoms with van der Waals surface area (Å²) in [7, 11) is 2.07. The molecular weight excluding hydrogens is 266 g/mol. The monoisotopic (exact) mass is 289 g/mol. The molecular formula is C16H23N3O2. The zero-order valence-electron chi connectivity index (χ0n) is 12.4. The van der Waals surface area contributed by atoms with Gasteiger partial charge in [0.2, 0.25) is 0 Å². The van der Waals surface area contributed by atoms with Gasteiger partial charge in [0.15, 0.2) is 0 Å². The van der Waals surface area contributed by atoms with Gasteiger partial charge in [0, 0.05) is 31.0 Å². The highest BCUT2D eigenvalue weighted by molar-refractivity contribution is 5.90. The summed E-state index contributed by atoms with van der Waals surface area (Å²) >= 11 is 0. The van der Waals surface area contributed by atoms with Crippen LogP contribution in [0.1, 0.15) is 31.2 Å². The Labute approximate surface area is 125 Å². The van der Waals surface area contributed by atoms with Crippen molar-refractivity contribution in [3.8, 4) is 0 Å². The Kier molecular flexibility index (Phi) is 4.01. The molecule has 0 bridgehead atoms. The summed E-state index contributed by atoms with van der Waals surface area (Å²) in [6.07, 6.45) is 4.12. The summed E-state index contributed by atoms with van der Waals surface area (Å²) < 4.78 is 0. The summed E-state index contributed by atoms with van der Waals surface area (Å²) in [4.78, 5) is 14.3. The second-order valence-electron chi connectivity index (χ2n) is 6.12. The fourth-order valence-electron chi connectivity index (χ4n) is 3.19. The van der Waals surface area contributed by atoms with E-state index in [0.29, 0.717) is 0 Å². The standard InChI is InChI=1S/C16H23N3O2/c1-19-9-8-11-2-3-13(10-15(11)19)18-16(21)17-12-4-6-14(20)7-5-12/h2-3,10,12,14,20H,4-9H2,1H3,(H2,17,18,21). The predicted molar refractivity (Wildman–Crippen MR) is 83.8 cm³/mol. The first-order chi connectivity index (χ1) is 10.1. The Bertz CT molecular complexity index is 524. The van der Waals surface area contributed by atoms with Crippen LogP contribution in [0.4, 0.5) is 16.2 Å². The molecule has 0 atom stereocenters. The van der Waals surface area contributed by atoms with Gasteiger partial charge < -0.3 is 20.6 Å². The van der Waals surface area contributed by atoms with Crippen LogP contribution in [-0.2, 0) is 6.42 Å². The van der Waals surface area contributed by atoms with Crippen molar-refractivity contribution in [3.63, 3.8) is 0 Å². The Hall–Kier alpha value is -1.75. The van der Waals surface area contributed by atoms with Crippen LogP contribution in [0.15, 0.2) is 18.2 Å². The quantitative estimate of drug-likeness (QED) is 0.781. The summed E-state index contributed by atoms with van der Waals surface area (Å²) in [5, 5.41) is 15.4. The molecule has 1 aromatic carbocycles. The van der Waals surface area contributed by atoms with Gasteiger partial charge in [-0.1, -0.05) is 6.07 Å². The first-order valence-corrected chi connectivity index (χ1v) is 7.71. The van der Waals surface area contributed by atoms with E-state index in [2.05, 4.69) is 28.6 Å². The van der Waals surface area contributed by atoms with Gasteiger partial charge in [-0.25, -0.2) is 4.79 Å². The number of amides is 2. The van der Waals surface area contributed by atoms with Crippen molar-refractivity contribution in [2.45, 2.75) is 44.2 Å². The van der Waals surface area contributed by atoms with E-state index >= 15 is 0 Å². The fourth-order valence-corrected chi connectivity index (χ4v) is 3.19. The summed E-state index contributed by atoms with van der Waals surface area (Å²) in [6.45, 7) is 1.04. The summed E-state index contributed by atoms with van der Waals surface area (Å²) in [6, 6.07) is 6.10. The minimum atomic E-state index is -0.196. The second-order valence-corrected chi connectivity index (χ2v) is 6.12. The van der Waals surface area contributed by atoms with Crippen molar-refractivity contribution < 1.29 is 9.90 Å². The average Bonchev–Trinajstić information content (AvgIpc) is 2.83. The van der Waals surface area contributed by atoms with Gasteiger partial charge in [-0.05, 0) is 49.8 Å². The zero-order valence-corrected chi connectivity index (χ0v) is 12.4. The SMILES string of the molecule is CN1CCc2ccc(NC(=O)NC3CCC(O)CC3)cc21. The molecule has 0 radical (unpaired) electrons. The number of aliphatic hydroxyl groups is 1. The van der Waals surface area contributed by atoms with E-state index in [9.17, 15) is 9.90 Å². The van der Waals surface area contributed by atoms with Crippen molar-refractivity contribution in [2.75, 3.05) is 23.8 Å². The fraction of sp³-hybridized carbons (Fsp3) is 0.562. The number of likely N-dealkylation sites (N-methyl/N-ethyl adjacent to an activating group) is 1. The van der Waals surface area contributed by atoms with E-state index in [1.807, 2.05) is 12.1 Å². The van der Waals surface area contributed by atoms with Crippen LogP contribution in [0, 0.1) is 0 Å². The highest BCUT2D eigenvalue weighted by atomic mass is 16.3. The summed E-state index contributed by atoms with van der Waals surface area (Å²) in [5.41, 5.74) is 3.37. The van der Waals surface area contributed by atoms with Crippen LogP contribution >= 0.6 is 0 Å². The van der Waals surface area contributed by atoms with E-state index in [0.717, 1.165) is 44.3 Å². The third-order valence-corrected chi connectivity index (χ3v) is 4.50. The molecule has 0 unspecified atom stereocenters. The number of carbonyl (C=O) groups is 1. The Balaban J connectivity index is 1.57. The molecule has 5 nitrogen and oxygen atoms in total. The molecule has 3 rings (SSSR count). The number of hydrogen-bond acceptors (Lipinski definition) is 3. The van der Waals surface area contributed by atoms with Crippen LogP contribution in [0.5, 0.6) is 0 Å². The van der Waals surface area contributed by atoms with Gasteiger partial charge >= 0.3 is 6.03 Å². The number of fused-ring (bicyclic) bond motifs is 1. The van der Waals surface area contributed by atoms with Crippen LogP contribution in [-0.4, -0.2) is 36.9 Å².